The Hall–Kier alpha value is -1.43. The van der Waals surface area contributed by atoms with Crippen molar-refractivity contribution in [2.45, 2.75) is 13.8 Å². The molecule has 98 valence electrons. The van der Waals surface area contributed by atoms with E-state index in [2.05, 4.69) is 26.2 Å². The lowest BCUT2D eigenvalue weighted by molar-refractivity contribution is -0.129. The van der Waals surface area contributed by atoms with E-state index >= 15 is 0 Å². The molecule has 0 unspecified atom stereocenters. The second-order valence-electron chi connectivity index (χ2n) is 3.62. The average Bonchev–Trinajstić information content (AvgIpc) is 2.38. The van der Waals surface area contributed by atoms with Crippen LogP contribution in [0.2, 0.25) is 0 Å². The molecule has 5 nitrogen and oxygen atoms in total. The van der Waals surface area contributed by atoms with E-state index < -0.39 is 0 Å². The van der Waals surface area contributed by atoms with Crippen molar-refractivity contribution in [3.63, 3.8) is 0 Å². The Morgan fingerprint density at radius 1 is 1.33 bits per heavy atom. The van der Waals surface area contributed by atoms with Gasteiger partial charge in [0.05, 0.1) is 12.1 Å². The van der Waals surface area contributed by atoms with Crippen molar-refractivity contribution in [1.82, 2.24) is 15.2 Å². The molecule has 0 aromatic carbocycles. The quantitative estimate of drug-likeness (QED) is 0.837. The highest BCUT2D eigenvalue weighted by atomic mass is 79.9. The van der Waals surface area contributed by atoms with Gasteiger partial charge in [-0.2, -0.15) is 0 Å². The van der Waals surface area contributed by atoms with Gasteiger partial charge in [-0.3, -0.25) is 9.59 Å². The fourth-order valence-corrected chi connectivity index (χ4v) is 1.69. The number of rotatable bonds is 5. The third-order valence-electron chi connectivity index (χ3n) is 2.51. The van der Waals surface area contributed by atoms with Crippen LogP contribution in [0.1, 0.15) is 24.2 Å². The van der Waals surface area contributed by atoms with Crippen LogP contribution in [-0.4, -0.2) is 41.3 Å². The molecule has 0 fully saturated rings. The minimum absolute atomic E-state index is 0.0105. The summed E-state index contributed by atoms with van der Waals surface area (Å²) >= 11 is 3.19. The van der Waals surface area contributed by atoms with Crippen LogP contribution in [0.15, 0.2) is 22.9 Å². The van der Waals surface area contributed by atoms with Gasteiger partial charge in [0.15, 0.2) is 0 Å². The molecule has 0 saturated carbocycles. The number of pyridine rings is 1. The van der Waals surface area contributed by atoms with Gasteiger partial charge < -0.3 is 10.2 Å². The zero-order valence-corrected chi connectivity index (χ0v) is 12.0. The number of hydrogen-bond donors (Lipinski definition) is 1. The molecule has 18 heavy (non-hydrogen) atoms. The first kappa shape index (κ1) is 14.6. The molecule has 0 saturated heterocycles. The van der Waals surface area contributed by atoms with Crippen LogP contribution in [0, 0.1) is 0 Å². The lowest BCUT2D eigenvalue weighted by atomic mass is 10.2. The fourth-order valence-electron chi connectivity index (χ4n) is 1.46. The largest absolute Gasteiger partial charge is 0.343 e. The van der Waals surface area contributed by atoms with Gasteiger partial charge in [0.1, 0.15) is 4.60 Å². The molecule has 1 rings (SSSR count). The number of hydrogen-bond acceptors (Lipinski definition) is 3. The summed E-state index contributed by atoms with van der Waals surface area (Å²) in [5, 5.41) is 2.58. The van der Waals surface area contributed by atoms with Crippen LogP contribution in [0.5, 0.6) is 0 Å². The van der Waals surface area contributed by atoms with Gasteiger partial charge in [0.2, 0.25) is 5.91 Å². The molecule has 2 amide bonds. The molecule has 0 aliphatic rings. The first-order chi connectivity index (χ1) is 8.58. The summed E-state index contributed by atoms with van der Waals surface area (Å²) in [4.78, 5) is 29.0. The minimum Gasteiger partial charge on any atom is -0.343 e. The average molecular weight is 314 g/mol. The molecule has 0 aliphatic carbocycles. The maximum Gasteiger partial charge on any atom is 0.253 e. The SMILES string of the molecule is CCN(CC)C(=O)CNC(=O)c1ccc(Br)nc1. The zero-order chi connectivity index (χ0) is 13.5. The van der Waals surface area contributed by atoms with Gasteiger partial charge >= 0.3 is 0 Å². The van der Waals surface area contributed by atoms with Gasteiger partial charge in [0, 0.05) is 19.3 Å². The van der Waals surface area contributed by atoms with Crippen molar-refractivity contribution in [2.75, 3.05) is 19.6 Å². The second kappa shape index (κ2) is 7.10. The standard InChI is InChI=1S/C12H16BrN3O2/c1-3-16(4-2)11(17)8-15-12(18)9-5-6-10(13)14-7-9/h5-7H,3-4,8H2,1-2H3,(H,15,18). The Labute approximate surface area is 115 Å². The monoisotopic (exact) mass is 313 g/mol. The lowest BCUT2D eigenvalue weighted by Crippen LogP contribution is -2.40. The zero-order valence-electron chi connectivity index (χ0n) is 10.4. The van der Waals surface area contributed by atoms with Crippen molar-refractivity contribution in [3.8, 4) is 0 Å². The predicted octanol–water partition coefficient (Wildman–Crippen LogP) is 1.44. The smallest absolute Gasteiger partial charge is 0.253 e. The molecule has 1 N–H and O–H groups in total. The van der Waals surface area contributed by atoms with Gasteiger partial charge in [0.25, 0.3) is 5.91 Å². The van der Waals surface area contributed by atoms with Crippen LogP contribution in [0.25, 0.3) is 0 Å². The predicted molar refractivity (Wildman–Crippen MR) is 72.2 cm³/mol. The summed E-state index contributed by atoms with van der Waals surface area (Å²) in [6, 6.07) is 3.33. The molecule has 1 aromatic rings. The van der Waals surface area contributed by atoms with Crippen LogP contribution < -0.4 is 5.32 Å². The normalized spacial score (nSPS) is 9.94. The van der Waals surface area contributed by atoms with Crippen molar-refractivity contribution < 1.29 is 9.59 Å². The Balaban J connectivity index is 2.51. The van der Waals surface area contributed by atoms with E-state index in [4.69, 9.17) is 0 Å². The van der Waals surface area contributed by atoms with Gasteiger partial charge in [-0.15, -0.1) is 0 Å². The van der Waals surface area contributed by atoms with Crippen LogP contribution >= 0.6 is 15.9 Å². The van der Waals surface area contributed by atoms with Gasteiger partial charge in [-0.1, -0.05) is 0 Å². The number of aromatic nitrogens is 1. The van der Waals surface area contributed by atoms with E-state index in [0.717, 1.165) is 0 Å². The Kier molecular flexibility index (Phi) is 5.77. The highest BCUT2D eigenvalue weighted by Gasteiger charge is 2.12. The number of carbonyl (C=O) groups is 2. The fraction of sp³-hybridized carbons (Fsp3) is 0.417. The number of nitrogens with zero attached hydrogens (tertiary/aromatic N) is 2. The van der Waals surface area contributed by atoms with E-state index in [9.17, 15) is 9.59 Å². The summed E-state index contributed by atoms with van der Waals surface area (Å²) in [6.07, 6.45) is 1.46. The maximum atomic E-state index is 11.7. The van der Waals surface area contributed by atoms with Crippen LogP contribution in [-0.2, 0) is 4.79 Å². The third-order valence-corrected chi connectivity index (χ3v) is 2.97. The van der Waals surface area contributed by atoms with Crippen LogP contribution in [0.3, 0.4) is 0 Å². The summed E-state index contributed by atoms with van der Waals surface area (Å²) in [5.41, 5.74) is 0.436. The Morgan fingerprint density at radius 2 is 2.00 bits per heavy atom. The number of halogens is 1. The molecular weight excluding hydrogens is 298 g/mol. The number of amides is 2. The van der Waals surface area contributed by atoms with E-state index in [-0.39, 0.29) is 18.4 Å². The molecule has 6 heteroatoms. The maximum absolute atomic E-state index is 11.7. The summed E-state index contributed by atoms with van der Waals surface area (Å²) in [7, 11) is 0. The Bertz CT molecular complexity index is 416. The number of likely N-dealkylation sites (N-methyl/N-ethyl adjacent to an activating group) is 1. The molecule has 0 spiro atoms. The van der Waals surface area contributed by atoms with Crippen molar-refractivity contribution in [2.24, 2.45) is 0 Å². The summed E-state index contributed by atoms with van der Waals surface area (Å²) in [6.45, 7) is 5.11. The third kappa shape index (κ3) is 4.10. The van der Waals surface area contributed by atoms with Gasteiger partial charge in [-0.25, -0.2) is 4.98 Å². The van der Waals surface area contributed by atoms with E-state index in [1.54, 1.807) is 17.0 Å². The first-order valence-corrected chi connectivity index (χ1v) is 6.55. The lowest BCUT2D eigenvalue weighted by Gasteiger charge is -2.18. The highest BCUT2D eigenvalue weighted by molar-refractivity contribution is 9.10. The summed E-state index contributed by atoms with van der Waals surface area (Å²) in [5.74, 6) is -0.381. The number of carbonyl (C=O) groups excluding carboxylic acids is 2. The van der Waals surface area contributed by atoms with Crippen LogP contribution in [0.4, 0.5) is 0 Å². The van der Waals surface area contributed by atoms with Crippen molar-refractivity contribution in [1.29, 1.82) is 0 Å². The molecule has 1 heterocycles. The highest BCUT2D eigenvalue weighted by Crippen LogP contribution is 2.05. The minimum atomic E-state index is -0.296. The summed E-state index contributed by atoms with van der Waals surface area (Å²) < 4.78 is 0.665. The van der Waals surface area contributed by atoms with E-state index in [0.29, 0.717) is 23.3 Å². The molecule has 1 aromatic heterocycles. The molecule has 0 bridgehead atoms. The van der Waals surface area contributed by atoms with Crippen molar-refractivity contribution >= 4 is 27.7 Å². The van der Waals surface area contributed by atoms with Gasteiger partial charge in [-0.05, 0) is 41.9 Å². The molecule has 0 aliphatic heterocycles. The molecular formula is C12H16BrN3O2. The van der Waals surface area contributed by atoms with E-state index in [1.165, 1.54) is 6.20 Å². The van der Waals surface area contributed by atoms with E-state index in [1.807, 2.05) is 13.8 Å². The molecule has 0 radical (unpaired) electrons. The Morgan fingerprint density at radius 3 is 2.50 bits per heavy atom. The second-order valence-corrected chi connectivity index (χ2v) is 4.43. The first-order valence-electron chi connectivity index (χ1n) is 5.76. The van der Waals surface area contributed by atoms with Crippen molar-refractivity contribution in [3.05, 3.63) is 28.5 Å². The molecule has 0 atom stereocenters. The number of nitrogens with one attached hydrogen (secondary N) is 1. The topological polar surface area (TPSA) is 62.3 Å².